The molecule has 8 heteroatoms. The predicted octanol–water partition coefficient (Wildman–Crippen LogP) is 2.91. The molecule has 4 aromatic rings. The Morgan fingerprint density at radius 2 is 2.15 bits per heavy atom. The zero-order valence-electron chi connectivity index (χ0n) is 14.8. The Balaban J connectivity index is 1.49. The fourth-order valence-electron chi connectivity index (χ4n) is 2.97. The van der Waals surface area contributed by atoms with Crippen molar-refractivity contribution in [2.45, 2.75) is 13.3 Å². The molecule has 0 atom stereocenters. The first-order chi connectivity index (χ1) is 13.1. The molecule has 4 rings (SSSR count). The number of rotatable bonds is 5. The summed E-state index contributed by atoms with van der Waals surface area (Å²) in [6, 6.07) is 11.1. The number of methoxy groups -OCH3 is 1. The van der Waals surface area contributed by atoms with Crippen molar-refractivity contribution in [2.75, 3.05) is 12.4 Å². The van der Waals surface area contributed by atoms with Crippen LogP contribution in [0.3, 0.4) is 0 Å². The number of nitrogens with one attached hydrogen (secondary N) is 1. The van der Waals surface area contributed by atoms with Crippen molar-refractivity contribution in [3.63, 3.8) is 0 Å². The summed E-state index contributed by atoms with van der Waals surface area (Å²) in [4.78, 5) is 12.5. The van der Waals surface area contributed by atoms with Crippen molar-refractivity contribution in [1.29, 1.82) is 0 Å². The average Bonchev–Trinajstić information content (AvgIpc) is 3.32. The fraction of sp³-hybridized carbons (Fsp3) is 0.158. The predicted molar refractivity (Wildman–Crippen MR) is 99.0 cm³/mol. The van der Waals surface area contributed by atoms with Crippen LogP contribution in [0.25, 0.3) is 16.7 Å². The number of nitrogens with zero attached hydrogens (tertiary/aromatic N) is 4. The summed E-state index contributed by atoms with van der Waals surface area (Å²) < 4.78 is 12.3. The highest BCUT2D eigenvalue weighted by Crippen LogP contribution is 2.26. The monoisotopic (exact) mass is 363 g/mol. The van der Waals surface area contributed by atoms with Gasteiger partial charge in [0.05, 0.1) is 25.5 Å². The van der Waals surface area contributed by atoms with Crippen LogP contribution in [0.2, 0.25) is 0 Å². The van der Waals surface area contributed by atoms with Crippen LogP contribution in [0.1, 0.15) is 11.1 Å². The molecule has 0 bridgehead atoms. The van der Waals surface area contributed by atoms with E-state index in [1.165, 1.54) is 6.33 Å². The highest BCUT2D eigenvalue weighted by molar-refractivity contribution is 5.95. The fourth-order valence-corrected chi connectivity index (χ4v) is 2.97. The van der Waals surface area contributed by atoms with Crippen molar-refractivity contribution in [1.82, 2.24) is 20.2 Å². The van der Waals surface area contributed by atoms with Crippen LogP contribution in [-0.4, -0.2) is 33.2 Å². The van der Waals surface area contributed by atoms with Crippen molar-refractivity contribution in [3.8, 4) is 11.4 Å². The molecule has 0 saturated carbocycles. The number of aromatic nitrogens is 4. The number of aryl methyl sites for hydroxylation is 1. The summed E-state index contributed by atoms with van der Waals surface area (Å²) in [6.45, 7) is 1.93. The lowest BCUT2D eigenvalue weighted by atomic mass is 10.1. The number of hydrogen-bond acceptors (Lipinski definition) is 6. The zero-order valence-corrected chi connectivity index (χ0v) is 14.8. The van der Waals surface area contributed by atoms with E-state index in [-0.39, 0.29) is 12.3 Å². The van der Waals surface area contributed by atoms with Crippen molar-refractivity contribution in [2.24, 2.45) is 0 Å². The summed E-state index contributed by atoms with van der Waals surface area (Å²) in [5.41, 5.74) is 4.03. The van der Waals surface area contributed by atoms with Gasteiger partial charge in [-0.1, -0.05) is 0 Å². The van der Waals surface area contributed by atoms with Crippen molar-refractivity contribution < 1.29 is 13.9 Å². The summed E-state index contributed by atoms with van der Waals surface area (Å²) in [7, 11) is 1.60. The van der Waals surface area contributed by atoms with Gasteiger partial charge in [0.25, 0.3) is 0 Å². The quantitative estimate of drug-likeness (QED) is 0.586. The first-order valence-corrected chi connectivity index (χ1v) is 8.32. The maximum absolute atomic E-state index is 12.5. The lowest BCUT2D eigenvalue weighted by molar-refractivity contribution is -0.115. The first kappa shape index (κ1) is 16.8. The van der Waals surface area contributed by atoms with E-state index in [9.17, 15) is 4.79 Å². The third-order valence-electron chi connectivity index (χ3n) is 4.29. The van der Waals surface area contributed by atoms with Gasteiger partial charge in [-0.15, -0.1) is 5.10 Å². The van der Waals surface area contributed by atoms with Crippen molar-refractivity contribution in [3.05, 3.63) is 60.1 Å². The first-order valence-electron chi connectivity index (χ1n) is 8.32. The molecule has 0 saturated heterocycles. The molecule has 0 unspecified atom stereocenters. The summed E-state index contributed by atoms with van der Waals surface area (Å²) >= 11 is 0. The van der Waals surface area contributed by atoms with E-state index in [2.05, 4.69) is 20.8 Å². The van der Waals surface area contributed by atoms with E-state index < -0.39 is 0 Å². The molecule has 0 aliphatic rings. The molecule has 2 aromatic carbocycles. The molecule has 136 valence electrons. The van der Waals surface area contributed by atoms with Gasteiger partial charge in [-0.3, -0.25) is 4.79 Å². The molecule has 0 radical (unpaired) electrons. The second-order valence-corrected chi connectivity index (χ2v) is 6.10. The number of fused-ring (bicyclic) bond motifs is 1. The van der Waals surface area contributed by atoms with Crippen LogP contribution in [0, 0.1) is 6.92 Å². The number of carbonyl (C=O) groups excluding carboxylic acids is 1. The Hall–Kier alpha value is -3.68. The Morgan fingerprint density at radius 3 is 2.89 bits per heavy atom. The van der Waals surface area contributed by atoms with Gasteiger partial charge in [-0.2, -0.15) is 0 Å². The standard InChI is InChI=1S/C19H17N5O3/c1-12-7-14(3-6-17(12)24-11-20-22-23-24)21-19(25)8-13-10-27-18-9-15(26-2)4-5-16(13)18/h3-7,9-11H,8H2,1-2H3,(H,21,25). The Labute approximate surface area is 154 Å². The zero-order chi connectivity index (χ0) is 18.8. The molecule has 0 fully saturated rings. The van der Waals surface area contributed by atoms with Gasteiger partial charge in [0.1, 0.15) is 17.7 Å². The van der Waals surface area contributed by atoms with Gasteiger partial charge in [0, 0.05) is 22.7 Å². The topological polar surface area (TPSA) is 95.1 Å². The average molecular weight is 363 g/mol. The maximum atomic E-state index is 12.5. The van der Waals surface area contributed by atoms with Gasteiger partial charge in [-0.25, -0.2) is 4.68 Å². The lowest BCUT2D eigenvalue weighted by Gasteiger charge is -2.09. The van der Waals surface area contributed by atoms with E-state index in [0.717, 1.165) is 22.2 Å². The number of hydrogen-bond donors (Lipinski definition) is 1. The molecule has 27 heavy (non-hydrogen) atoms. The number of benzene rings is 2. The largest absolute Gasteiger partial charge is 0.497 e. The highest BCUT2D eigenvalue weighted by atomic mass is 16.5. The Bertz CT molecular complexity index is 1100. The van der Waals surface area contributed by atoms with Gasteiger partial charge >= 0.3 is 0 Å². The summed E-state index contributed by atoms with van der Waals surface area (Å²) in [6.07, 6.45) is 3.35. The van der Waals surface area contributed by atoms with Gasteiger partial charge in [-0.05, 0) is 53.2 Å². The van der Waals surface area contributed by atoms with E-state index in [4.69, 9.17) is 9.15 Å². The van der Waals surface area contributed by atoms with E-state index in [1.807, 2.05) is 37.3 Å². The third-order valence-corrected chi connectivity index (χ3v) is 4.29. The second-order valence-electron chi connectivity index (χ2n) is 6.10. The number of carbonyl (C=O) groups is 1. The lowest BCUT2D eigenvalue weighted by Crippen LogP contribution is -2.14. The minimum atomic E-state index is -0.122. The molecule has 2 heterocycles. The third kappa shape index (κ3) is 3.37. The van der Waals surface area contributed by atoms with Crippen LogP contribution in [-0.2, 0) is 11.2 Å². The Morgan fingerprint density at radius 1 is 1.26 bits per heavy atom. The minimum Gasteiger partial charge on any atom is -0.497 e. The molecular formula is C19H17N5O3. The van der Waals surface area contributed by atoms with Crippen molar-refractivity contribution >= 4 is 22.6 Å². The second kappa shape index (κ2) is 6.91. The molecule has 0 aliphatic carbocycles. The van der Waals surface area contributed by atoms with E-state index >= 15 is 0 Å². The molecule has 1 amide bonds. The molecule has 2 aromatic heterocycles. The Kier molecular flexibility index (Phi) is 4.29. The van der Waals surface area contributed by atoms with Crippen LogP contribution in [0.4, 0.5) is 5.69 Å². The molecule has 0 aliphatic heterocycles. The molecule has 0 spiro atoms. The molecule has 8 nitrogen and oxygen atoms in total. The number of amides is 1. The number of furan rings is 1. The number of anilines is 1. The van der Waals surface area contributed by atoms with Gasteiger partial charge in [0.15, 0.2) is 0 Å². The highest BCUT2D eigenvalue weighted by Gasteiger charge is 2.12. The summed E-state index contributed by atoms with van der Waals surface area (Å²) in [5, 5.41) is 15.0. The normalized spacial score (nSPS) is 10.9. The van der Waals surface area contributed by atoms with Gasteiger partial charge in [0.2, 0.25) is 5.91 Å². The van der Waals surface area contributed by atoms with E-state index in [0.29, 0.717) is 17.0 Å². The molecular weight excluding hydrogens is 346 g/mol. The van der Waals surface area contributed by atoms with Crippen LogP contribution in [0.15, 0.2) is 53.4 Å². The van der Waals surface area contributed by atoms with Crippen LogP contribution >= 0.6 is 0 Å². The van der Waals surface area contributed by atoms with Gasteiger partial charge < -0.3 is 14.5 Å². The van der Waals surface area contributed by atoms with Crippen LogP contribution < -0.4 is 10.1 Å². The van der Waals surface area contributed by atoms with E-state index in [1.54, 1.807) is 24.1 Å². The smallest absolute Gasteiger partial charge is 0.228 e. The molecule has 1 N–H and O–H groups in total. The SMILES string of the molecule is COc1ccc2c(CC(=O)Nc3ccc(-n4cnnn4)c(C)c3)coc2c1. The number of ether oxygens (including phenoxy) is 1. The maximum Gasteiger partial charge on any atom is 0.228 e. The summed E-state index contributed by atoms with van der Waals surface area (Å²) in [5.74, 6) is 0.592. The minimum absolute atomic E-state index is 0.122. The van der Waals surface area contributed by atoms with Crippen LogP contribution in [0.5, 0.6) is 5.75 Å². The number of tetrazole rings is 1.